The Morgan fingerprint density at radius 3 is 2.36 bits per heavy atom. The molecule has 3 aliphatic heterocycles. The Balaban J connectivity index is 1.31. The molecule has 58 heavy (non-hydrogen) atoms. The van der Waals surface area contributed by atoms with Crippen LogP contribution < -0.4 is 20.9 Å². The number of cyclic esters (lactones) is 1. The summed E-state index contributed by atoms with van der Waals surface area (Å²) in [6.07, 6.45) is 2.57. The van der Waals surface area contributed by atoms with Crippen LogP contribution in [0.15, 0.2) is 34.1 Å². The van der Waals surface area contributed by atoms with Gasteiger partial charge < -0.3 is 44.0 Å². The summed E-state index contributed by atoms with van der Waals surface area (Å²) in [4.78, 5) is 73.3. The summed E-state index contributed by atoms with van der Waals surface area (Å²) in [7, 11) is 0. The predicted molar refractivity (Wildman–Crippen MR) is 215 cm³/mol. The van der Waals surface area contributed by atoms with Gasteiger partial charge in [-0.2, -0.15) is 0 Å². The molecule has 3 atom stereocenters. The molecule has 0 radical (unpaired) electrons. The molecule has 1 fully saturated rings. The van der Waals surface area contributed by atoms with Gasteiger partial charge in [-0.1, -0.05) is 20.3 Å². The van der Waals surface area contributed by atoms with Crippen LogP contribution in [0.1, 0.15) is 116 Å². The Morgan fingerprint density at radius 1 is 0.948 bits per heavy atom. The number of amides is 2. The number of carbonyl (C=O) groups excluding carboxylic acids is 4. The van der Waals surface area contributed by atoms with Crippen LogP contribution in [-0.4, -0.2) is 97.1 Å². The number of likely N-dealkylation sites (tertiary alicyclic amines) is 1. The number of carbonyl (C=O) groups is 4. The van der Waals surface area contributed by atoms with Crippen molar-refractivity contribution in [3.63, 3.8) is 0 Å². The van der Waals surface area contributed by atoms with Crippen LogP contribution in [0.5, 0.6) is 5.75 Å². The van der Waals surface area contributed by atoms with Crippen molar-refractivity contribution in [2.24, 2.45) is 4.99 Å². The van der Waals surface area contributed by atoms with Crippen molar-refractivity contribution < 1.29 is 47.6 Å². The Hall–Kier alpha value is -4.96. The van der Waals surface area contributed by atoms with E-state index >= 15 is 0 Å². The summed E-state index contributed by atoms with van der Waals surface area (Å²) in [5, 5.41) is 5.44. The number of aromatic nitrogens is 1. The van der Waals surface area contributed by atoms with Gasteiger partial charge in [0.05, 0.1) is 41.4 Å². The molecule has 2 aromatic rings. The third-order valence-electron chi connectivity index (χ3n) is 11.0. The minimum absolute atomic E-state index is 0.0124. The first-order chi connectivity index (χ1) is 27.5. The zero-order valence-electron chi connectivity index (χ0n) is 35.1. The van der Waals surface area contributed by atoms with Gasteiger partial charge in [0, 0.05) is 30.3 Å². The summed E-state index contributed by atoms with van der Waals surface area (Å²) in [6, 6.07) is 7.19. The monoisotopic (exact) mass is 809 g/mol. The number of nitrogens with one attached hydrogen (secondary N) is 2. The molecule has 0 spiro atoms. The van der Waals surface area contributed by atoms with Crippen molar-refractivity contribution in [2.45, 2.75) is 123 Å². The number of rotatable bonds is 14. The molecule has 1 saturated heterocycles. The van der Waals surface area contributed by atoms with Crippen molar-refractivity contribution in [1.29, 1.82) is 0 Å². The molecule has 5 rings (SSSR count). The summed E-state index contributed by atoms with van der Waals surface area (Å²) >= 11 is 0. The molecule has 1 aromatic carbocycles. The number of fused-ring (bicyclic) bond motifs is 3. The van der Waals surface area contributed by atoms with Crippen LogP contribution in [0, 0.1) is 0 Å². The minimum Gasteiger partial charge on any atom is -0.457 e. The topological polar surface area (TPSA) is 185 Å². The fourth-order valence-electron chi connectivity index (χ4n) is 7.65. The highest BCUT2D eigenvalue weighted by Gasteiger charge is 2.51. The molecular formula is C42H59N5O11. The highest BCUT2D eigenvalue weighted by molar-refractivity contribution is 6.00. The standard InChI is InChI=1S/C42H59N5O11/c1-9-41(8)32-24-29(56-37(50)43-17-16-27(3)46-19-12-11-13-20-46)14-15-33(32)45-28(4)34-25-31-30(35(48)47(34)41)26-55-36(49)42(31,10-2)58-39(52)54-23-22-53-21-18-44-38(51)57-40(5,6)7/h14-15,24-25,27H,9-13,16-23,26H2,1-8H3,(H,43,50)(H,44,51)/t27?,41?,42-/m0/s1. The second kappa shape index (κ2) is 18.7. The molecule has 0 aliphatic carbocycles. The van der Waals surface area contributed by atoms with Crippen LogP contribution in [0.4, 0.5) is 20.1 Å². The van der Waals surface area contributed by atoms with Crippen molar-refractivity contribution in [1.82, 2.24) is 20.1 Å². The number of hydrogen-bond acceptors (Lipinski definition) is 13. The molecule has 2 N–H and O–H groups in total. The molecule has 3 aliphatic rings. The van der Waals surface area contributed by atoms with Gasteiger partial charge >= 0.3 is 24.3 Å². The van der Waals surface area contributed by atoms with Crippen LogP contribution in [-0.2, 0) is 46.2 Å². The second-order valence-electron chi connectivity index (χ2n) is 16.1. The molecule has 16 nitrogen and oxygen atoms in total. The lowest BCUT2D eigenvalue weighted by Gasteiger charge is -2.38. The van der Waals surface area contributed by atoms with E-state index in [4.69, 9.17) is 33.4 Å². The molecule has 4 heterocycles. The van der Waals surface area contributed by atoms with E-state index in [1.165, 1.54) is 19.3 Å². The first-order valence-electron chi connectivity index (χ1n) is 20.3. The van der Waals surface area contributed by atoms with Crippen molar-refractivity contribution in [3.8, 4) is 5.75 Å². The zero-order chi connectivity index (χ0) is 42.3. The van der Waals surface area contributed by atoms with Gasteiger partial charge in [-0.3, -0.25) is 14.4 Å². The van der Waals surface area contributed by atoms with Crippen LogP contribution in [0.25, 0.3) is 0 Å². The second-order valence-corrected chi connectivity index (χ2v) is 16.1. The van der Waals surface area contributed by atoms with Gasteiger partial charge in [-0.25, -0.2) is 19.2 Å². The lowest BCUT2D eigenvalue weighted by molar-refractivity contribution is -0.175. The van der Waals surface area contributed by atoms with E-state index in [-0.39, 0.29) is 50.5 Å². The first kappa shape index (κ1) is 44.1. The third kappa shape index (κ3) is 10.0. The normalized spacial score (nSPS) is 20.8. The maximum Gasteiger partial charge on any atom is 0.509 e. The highest BCUT2D eigenvalue weighted by Crippen LogP contribution is 2.43. The Morgan fingerprint density at radius 2 is 1.67 bits per heavy atom. The van der Waals surface area contributed by atoms with Crippen LogP contribution in [0.3, 0.4) is 0 Å². The van der Waals surface area contributed by atoms with E-state index in [1.807, 2.05) is 13.8 Å². The number of aliphatic imine (C=N–C) groups is 1. The average Bonchev–Trinajstić information content (AvgIpc) is 3.27. The fraction of sp³-hybridized carbons (Fsp3) is 0.619. The number of piperidine rings is 1. The lowest BCUT2D eigenvalue weighted by atomic mass is 9.83. The summed E-state index contributed by atoms with van der Waals surface area (Å²) < 4.78 is 34.5. The summed E-state index contributed by atoms with van der Waals surface area (Å²) in [6.45, 7) is 17.1. The van der Waals surface area contributed by atoms with E-state index < -0.39 is 46.6 Å². The minimum atomic E-state index is -1.97. The van der Waals surface area contributed by atoms with Crippen LogP contribution in [0.2, 0.25) is 0 Å². The molecule has 2 amide bonds. The lowest BCUT2D eigenvalue weighted by Crippen LogP contribution is -2.50. The molecule has 0 saturated carbocycles. The fourth-order valence-corrected chi connectivity index (χ4v) is 7.65. The molecule has 2 unspecified atom stereocenters. The third-order valence-corrected chi connectivity index (χ3v) is 11.0. The summed E-state index contributed by atoms with van der Waals surface area (Å²) in [5.74, 6) is -0.532. The number of alkyl carbamates (subject to hydrolysis) is 1. The predicted octanol–water partition coefficient (Wildman–Crippen LogP) is 6.19. The number of hydrogen-bond donors (Lipinski definition) is 2. The largest absolute Gasteiger partial charge is 0.509 e. The number of ether oxygens (including phenoxy) is 6. The molecule has 0 bridgehead atoms. The van der Waals surface area contributed by atoms with E-state index in [9.17, 15) is 24.0 Å². The van der Waals surface area contributed by atoms with Gasteiger partial charge in [-0.05, 0) is 111 Å². The average molecular weight is 810 g/mol. The Bertz CT molecular complexity index is 1930. The van der Waals surface area contributed by atoms with Gasteiger partial charge in [-0.15, -0.1) is 0 Å². The maximum atomic E-state index is 14.7. The smallest absolute Gasteiger partial charge is 0.457 e. The zero-order valence-corrected chi connectivity index (χ0v) is 35.1. The van der Waals surface area contributed by atoms with Gasteiger partial charge in [0.1, 0.15) is 24.6 Å². The summed E-state index contributed by atoms with van der Waals surface area (Å²) in [5.41, 5.74) is -1.54. The van der Waals surface area contributed by atoms with Crippen LogP contribution >= 0.6 is 0 Å². The van der Waals surface area contributed by atoms with Gasteiger partial charge in [0.2, 0.25) is 5.60 Å². The number of nitrogens with zero attached hydrogens (tertiary/aromatic N) is 3. The first-order valence-corrected chi connectivity index (χ1v) is 20.3. The number of pyridine rings is 1. The Kier molecular flexibility index (Phi) is 14.3. The van der Waals surface area contributed by atoms with E-state index in [0.29, 0.717) is 47.4 Å². The quantitative estimate of drug-likeness (QED) is 0.126. The van der Waals surface area contributed by atoms with Crippen molar-refractivity contribution in [2.75, 3.05) is 46.0 Å². The molecule has 1 aromatic heterocycles. The van der Waals surface area contributed by atoms with Gasteiger partial charge in [0.15, 0.2) is 0 Å². The molecular weight excluding hydrogens is 750 g/mol. The molecule has 16 heteroatoms. The maximum absolute atomic E-state index is 14.7. The van der Waals surface area contributed by atoms with Crippen molar-refractivity contribution >= 4 is 35.7 Å². The van der Waals surface area contributed by atoms with E-state index in [1.54, 1.807) is 63.5 Å². The number of benzene rings is 1. The van der Waals surface area contributed by atoms with Crippen molar-refractivity contribution in [3.05, 3.63) is 57.0 Å². The SMILES string of the molecule is CCC1(C)c2cc(OC(=O)NCCC(C)N3CCCCC3)ccc2N=C(C)c2cc3c(c(=O)n21)COC(=O)[C@@]3(CC)OC(=O)OCCOCCNC(=O)OC(C)(C)C. The Labute approximate surface area is 339 Å². The molecule has 318 valence electrons. The van der Waals surface area contributed by atoms with E-state index in [2.05, 4.69) is 22.5 Å². The highest BCUT2D eigenvalue weighted by atomic mass is 16.7. The number of esters is 1. The van der Waals surface area contributed by atoms with E-state index in [0.717, 1.165) is 19.5 Å². The van der Waals surface area contributed by atoms with Gasteiger partial charge in [0.25, 0.3) is 5.56 Å².